The Morgan fingerprint density at radius 3 is 1.67 bits per heavy atom. The summed E-state index contributed by atoms with van der Waals surface area (Å²) < 4.78 is 5.13. The molecule has 88 valence electrons. The van der Waals surface area contributed by atoms with E-state index >= 15 is 0 Å². The van der Waals surface area contributed by atoms with Crippen molar-refractivity contribution < 1.29 is 24.5 Å². The smallest absolute Gasteiger partial charge is 0.404 e. The summed E-state index contributed by atoms with van der Waals surface area (Å²) in [6.45, 7) is 1.66. The van der Waals surface area contributed by atoms with Gasteiger partial charge in [0.15, 0.2) is 0 Å². The Morgan fingerprint density at radius 2 is 1.33 bits per heavy atom. The maximum absolute atomic E-state index is 10.0. The molecule has 0 aromatic carbocycles. The van der Waals surface area contributed by atoms with E-state index in [4.69, 9.17) is 14.9 Å². The highest BCUT2D eigenvalue weighted by Gasteiger charge is 1.95. The molecule has 0 aliphatic carbocycles. The fourth-order valence-corrected chi connectivity index (χ4v) is 0.841. The van der Waals surface area contributed by atoms with E-state index in [9.17, 15) is 9.59 Å². The van der Waals surface area contributed by atoms with Crippen LogP contribution in [0.2, 0.25) is 0 Å². The SMILES string of the molecule is O=C(O)NCCCOCCCNC(=O)O. The highest BCUT2D eigenvalue weighted by Crippen LogP contribution is 1.84. The molecule has 7 nitrogen and oxygen atoms in total. The molecule has 0 rings (SSSR count). The second kappa shape index (κ2) is 9.07. The molecular formula is C8H16N2O5. The number of carbonyl (C=O) groups is 2. The molecule has 0 unspecified atom stereocenters. The Labute approximate surface area is 87.4 Å². The van der Waals surface area contributed by atoms with Gasteiger partial charge in [0.2, 0.25) is 0 Å². The largest absolute Gasteiger partial charge is 0.465 e. The summed E-state index contributed by atoms with van der Waals surface area (Å²) in [7, 11) is 0. The molecule has 2 amide bonds. The van der Waals surface area contributed by atoms with Crippen LogP contribution in [0.1, 0.15) is 12.8 Å². The van der Waals surface area contributed by atoms with E-state index in [2.05, 4.69) is 10.6 Å². The van der Waals surface area contributed by atoms with Gasteiger partial charge in [-0.25, -0.2) is 9.59 Å². The normalized spacial score (nSPS) is 9.60. The van der Waals surface area contributed by atoms with Gasteiger partial charge < -0.3 is 25.6 Å². The van der Waals surface area contributed by atoms with Crippen molar-refractivity contribution in [1.82, 2.24) is 10.6 Å². The zero-order chi connectivity index (χ0) is 11.5. The minimum atomic E-state index is -1.04. The average molecular weight is 220 g/mol. The first-order chi connectivity index (χ1) is 7.13. The van der Waals surface area contributed by atoms with Crippen LogP contribution in [0.5, 0.6) is 0 Å². The van der Waals surface area contributed by atoms with Crippen LogP contribution in [0.3, 0.4) is 0 Å². The molecule has 0 heterocycles. The van der Waals surface area contributed by atoms with Crippen LogP contribution in [-0.2, 0) is 4.74 Å². The molecule has 7 heteroatoms. The first-order valence-corrected chi connectivity index (χ1v) is 4.64. The number of carboxylic acid groups (broad SMARTS) is 2. The molecule has 0 saturated carbocycles. The maximum Gasteiger partial charge on any atom is 0.404 e. The predicted octanol–water partition coefficient (Wildman–Crippen LogP) is 0.318. The number of rotatable bonds is 8. The summed E-state index contributed by atoms with van der Waals surface area (Å²) in [5.74, 6) is 0. The summed E-state index contributed by atoms with van der Waals surface area (Å²) >= 11 is 0. The molecule has 0 bridgehead atoms. The Morgan fingerprint density at radius 1 is 0.933 bits per heavy atom. The van der Waals surface area contributed by atoms with Crippen molar-refractivity contribution in [3.05, 3.63) is 0 Å². The first kappa shape index (κ1) is 13.5. The topological polar surface area (TPSA) is 108 Å². The molecule has 0 fully saturated rings. The lowest BCUT2D eigenvalue weighted by Gasteiger charge is -2.04. The molecule has 0 spiro atoms. The molecule has 0 aliphatic rings. The third-order valence-electron chi connectivity index (χ3n) is 1.48. The van der Waals surface area contributed by atoms with Gasteiger partial charge in [-0.15, -0.1) is 0 Å². The van der Waals surface area contributed by atoms with Crippen molar-refractivity contribution in [2.75, 3.05) is 26.3 Å². The lowest BCUT2D eigenvalue weighted by atomic mass is 10.4. The van der Waals surface area contributed by atoms with E-state index in [-0.39, 0.29) is 0 Å². The molecular weight excluding hydrogens is 204 g/mol. The minimum Gasteiger partial charge on any atom is -0.465 e. The number of hydrogen-bond donors (Lipinski definition) is 4. The summed E-state index contributed by atoms with van der Waals surface area (Å²) in [4.78, 5) is 20.0. The van der Waals surface area contributed by atoms with Crippen LogP contribution in [-0.4, -0.2) is 48.7 Å². The number of ether oxygens (including phenoxy) is 1. The van der Waals surface area contributed by atoms with Crippen molar-refractivity contribution in [3.63, 3.8) is 0 Å². The number of nitrogens with one attached hydrogen (secondary N) is 2. The molecule has 0 aliphatic heterocycles. The lowest BCUT2D eigenvalue weighted by Crippen LogP contribution is -2.24. The molecule has 15 heavy (non-hydrogen) atoms. The third-order valence-corrected chi connectivity index (χ3v) is 1.48. The lowest BCUT2D eigenvalue weighted by molar-refractivity contribution is 0.128. The molecule has 0 aromatic rings. The molecule has 0 atom stereocenters. The second-order valence-corrected chi connectivity index (χ2v) is 2.78. The van der Waals surface area contributed by atoms with Crippen LogP contribution in [0.4, 0.5) is 9.59 Å². The fraction of sp³-hybridized carbons (Fsp3) is 0.750. The highest BCUT2D eigenvalue weighted by molar-refractivity contribution is 5.64. The summed E-state index contributed by atoms with van der Waals surface area (Å²) in [5, 5.41) is 20.9. The monoisotopic (exact) mass is 220 g/mol. The number of amides is 2. The zero-order valence-corrected chi connectivity index (χ0v) is 8.36. The van der Waals surface area contributed by atoms with Gasteiger partial charge in [0.05, 0.1) is 0 Å². The van der Waals surface area contributed by atoms with E-state index < -0.39 is 12.2 Å². The van der Waals surface area contributed by atoms with E-state index in [1.165, 1.54) is 0 Å². The minimum absolute atomic E-state index is 0.364. The van der Waals surface area contributed by atoms with E-state index in [0.29, 0.717) is 39.1 Å². The average Bonchev–Trinajstić information content (AvgIpc) is 2.14. The summed E-state index contributed by atoms with van der Waals surface area (Å²) in [5.41, 5.74) is 0. The predicted molar refractivity (Wildman–Crippen MR) is 52.1 cm³/mol. The first-order valence-electron chi connectivity index (χ1n) is 4.64. The van der Waals surface area contributed by atoms with Crippen molar-refractivity contribution in [1.29, 1.82) is 0 Å². The third kappa shape index (κ3) is 12.5. The van der Waals surface area contributed by atoms with Crippen LogP contribution in [0, 0.1) is 0 Å². The highest BCUT2D eigenvalue weighted by atomic mass is 16.5. The standard InChI is InChI=1S/C8H16N2O5/c11-7(12)9-3-1-5-15-6-2-4-10-8(13)14/h9-10H,1-6H2,(H,11,12)(H,13,14). The Hall–Kier alpha value is -1.50. The van der Waals surface area contributed by atoms with Gasteiger partial charge >= 0.3 is 12.2 Å². The van der Waals surface area contributed by atoms with Gasteiger partial charge in [-0.3, -0.25) is 0 Å². The van der Waals surface area contributed by atoms with E-state index in [1.54, 1.807) is 0 Å². The summed E-state index contributed by atoms with van der Waals surface area (Å²) in [6.07, 6.45) is -0.863. The van der Waals surface area contributed by atoms with Gasteiger partial charge in [0.1, 0.15) is 0 Å². The van der Waals surface area contributed by atoms with Crippen LogP contribution >= 0.6 is 0 Å². The van der Waals surface area contributed by atoms with Crippen molar-refractivity contribution >= 4 is 12.2 Å². The Bertz CT molecular complexity index is 177. The Balaban J connectivity index is 2.99. The maximum atomic E-state index is 10.0. The fourth-order valence-electron chi connectivity index (χ4n) is 0.841. The van der Waals surface area contributed by atoms with Crippen LogP contribution < -0.4 is 10.6 Å². The number of hydrogen-bond acceptors (Lipinski definition) is 3. The van der Waals surface area contributed by atoms with Crippen molar-refractivity contribution in [2.45, 2.75) is 12.8 Å². The van der Waals surface area contributed by atoms with E-state index in [0.717, 1.165) is 0 Å². The van der Waals surface area contributed by atoms with Gasteiger partial charge in [0, 0.05) is 26.3 Å². The van der Waals surface area contributed by atoms with Crippen molar-refractivity contribution in [2.24, 2.45) is 0 Å². The Kier molecular flexibility index (Phi) is 8.16. The molecule has 0 saturated heterocycles. The quantitative estimate of drug-likeness (QED) is 0.440. The van der Waals surface area contributed by atoms with Gasteiger partial charge in [0.25, 0.3) is 0 Å². The summed E-state index contributed by atoms with van der Waals surface area (Å²) in [6, 6.07) is 0. The zero-order valence-electron chi connectivity index (χ0n) is 8.36. The van der Waals surface area contributed by atoms with Crippen molar-refractivity contribution in [3.8, 4) is 0 Å². The van der Waals surface area contributed by atoms with Gasteiger partial charge in [-0.2, -0.15) is 0 Å². The van der Waals surface area contributed by atoms with E-state index in [1.807, 2.05) is 0 Å². The van der Waals surface area contributed by atoms with Gasteiger partial charge in [-0.1, -0.05) is 0 Å². The van der Waals surface area contributed by atoms with Crippen LogP contribution in [0.15, 0.2) is 0 Å². The molecule has 0 aromatic heterocycles. The molecule has 4 N–H and O–H groups in total. The van der Waals surface area contributed by atoms with Gasteiger partial charge in [-0.05, 0) is 12.8 Å². The second-order valence-electron chi connectivity index (χ2n) is 2.78. The van der Waals surface area contributed by atoms with Crippen LogP contribution in [0.25, 0.3) is 0 Å². The molecule has 0 radical (unpaired) electrons.